The molecule has 10 nitrogen and oxygen atoms in total. The molecule has 6 rings (SSSR count). The maximum Gasteiger partial charge on any atom is 0.222 e. The number of oxime groups is 1. The zero-order chi connectivity index (χ0) is 21.3. The van der Waals surface area contributed by atoms with E-state index in [1.807, 2.05) is 12.4 Å². The lowest BCUT2D eigenvalue weighted by molar-refractivity contribution is 0.0850. The lowest BCUT2D eigenvalue weighted by Crippen LogP contribution is -2.37. The van der Waals surface area contributed by atoms with Crippen LogP contribution in [0.2, 0.25) is 0 Å². The maximum absolute atomic E-state index is 5.73. The molecule has 1 unspecified atom stereocenters. The van der Waals surface area contributed by atoms with Gasteiger partial charge in [-0.2, -0.15) is 5.21 Å². The van der Waals surface area contributed by atoms with Crippen LogP contribution in [0.25, 0.3) is 0 Å². The van der Waals surface area contributed by atoms with Crippen LogP contribution < -0.4 is 5.32 Å². The van der Waals surface area contributed by atoms with Crippen molar-refractivity contribution in [1.29, 1.82) is 0 Å². The van der Waals surface area contributed by atoms with Crippen LogP contribution in [0, 0.1) is 0 Å². The summed E-state index contributed by atoms with van der Waals surface area (Å²) < 4.78 is 0. The highest BCUT2D eigenvalue weighted by atomic mass is 16.6. The largest absolute Gasteiger partial charge is 0.386 e. The summed E-state index contributed by atoms with van der Waals surface area (Å²) in [6.45, 7) is 1.83. The molecule has 3 aliphatic rings. The average Bonchev–Trinajstić information content (AvgIpc) is 3.60. The summed E-state index contributed by atoms with van der Waals surface area (Å²) in [7, 11) is 0. The number of aromatic amines is 1. The molecule has 32 heavy (non-hydrogen) atoms. The first-order chi connectivity index (χ1) is 15.8. The van der Waals surface area contributed by atoms with Crippen LogP contribution in [-0.4, -0.2) is 60.5 Å². The van der Waals surface area contributed by atoms with Crippen molar-refractivity contribution in [2.75, 3.05) is 18.4 Å². The molecule has 2 aliphatic heterocycles. The van der Waals surface area contributed by atoms with Crippen molar-refractivity contribution in [1.82, 2.24) is 35.5 Å². The number of H-pyrrole nitrogens is 1. The molecule has 3 aromatic rings. The second-order valence-electron chi connectivity index (χ2n) is 8.70. The number of amidine groups is 1. The third kappa shape index (κ3) is 3.76. The molecule has 0 bridgehead atoms. The van der Waals surface area contributed by atoms with E-state index in [1.165, 1.54) is 11.1 Å². The Morgan fingerprint density at radius 1 is 1.00 bits per heavy atom. The predicted molar refractivity (Wildman–Crippen MR) is 117 cm³/mol. The SMILES string of the molecule is c1ccc2c(c1)CC(Nc1ncc(C3CC(N4CCC(c5nn[nH]n5)CC4)=NO3)cn1)C2. The Kier molecular flexibility index (Phi) is 4.89. The molecule has 0 amide bonds. The van der Waals surface area contributed by atoms with E-state index in [1.54, 1.807) is 0 Å². The number of hydrogen-bond acceptors (Lipinski definition) is 9. The van der Waals surface area contributed by atoms with Crippen molar-refractivity contribution in [3.63, 3.8) is 0 Å². The molecule has 2 aromatic heterocycles. The number of piperidine rings is 1. The molecule has 1 saturated heterocycles. The van der Waals surface area contributed by atoms with Gasteiger partial charge in [0.15, 0.2) is 11.9 Å². The zero-order valence-corrected chi connectivity index (χ0v) is 17.7. The van der Waals surface area contributed by atoms with Crippen LogP contribution in [0.3, 0.4) is 0 Å². The van der Waals surface area contributed by atoms with Gasteiger partial charge in [-0.25, -0.2) is 9.97 Å². The zero-order valence-electron chi connectivity index (χ0n) is 17.7. The number of rotatable bonds is 4. The van der Waals surface area contributed by atoms with E-state index in [0.29, 0.717) is 17.9 Å². The van der Waals surface area contributed by atoms with E-state index in [2.05, 4.69) is 70.2 Å². The lowest BCUT2D eigenvalue weighted by atomic mass is 9.95. The second kappa shape index (κ2) is 8.18. The monoisotopic (exact) mass is 431 g/mol. The molecule has 1 aliphatic carbocycles. The normalized spacial score (nSPS) is 21.3. The Labute approximate surface area is 185 Å². The first kappa shape index (κ1) is 19.1. The van der Waals surface area contributed by atoms with Crippen LogP contribution in [0.5, 0.6) is 0 Å². The fourth-order valence-electron chi connectivity index (χ4n) is 4.89. The fraction of sp³-hybridized carbons (Fsp3) is 0.455. The van der Waals surface area contributed by atoms with E-state index in [9.17, 15) is 0 Å². The molecule has 0 radical (unpaired) electrons. The van der Waals surface area contributed by atoms with Gasteiger partial charge in [0.2, 0.25) is 5.95 Å². The third-order valence-corrected chi connectivity index (χ3v) is 6.67. The van der Waals surface area contributed by atoms with Crippen LogP contribution in [-0.2, 0) is 17.7 Å². The van der Waals surface area contributed by atoms with Crippen molar-refractivity contribution in [2.24, 2.45) is 5.16 Å². The molecule has 1 aromatic carbocycles. The van der Waals surface area contributed by atoms with Crippen LogP contribution in [0.1, 0.15) is 53.8 Å². The Bertz CT molecular complexity index is 1070. The molecule has 10 heteroatoms. The van der Waals surface area contributed by atoms with E-state index >= 15 is 0 Å². The van der Waals surface area contributed by atoms with Gasteiger partial charge in [0, 0.05) is 43.0 Å². The average molecular weight is 432 g/mol. The second-order valence-corrected chi connectivity index (χ2v) is 8.70. The summed E-state index contributed by atoms with van der Waals surface area (Å²) in [5.41, 5.74) is 3.77. The van der Waals surface area contributed by atoms with E-state index in [4.69, 9.17) is 4.84 Å². The van der Waals surface area contributed by atoms with Gasteiger partial charge < -0.3 is 15.1 Å². The van der Waals surface area contributed by atoms with Crippen molar-refractivity contribution >= 4 is 11.8 Å². The van der Waals surface area contributed by atoms with Gasteiger partial charge in [0.05, 0.1) is 6.42 Å². The number of hydrogen-bond donors (Lipinski definition) is 2. The number of nitrogens with one attached hydrogen (secondary N) is 2. The summed E-state index contributed by atoms with van der Waals surface area (Å²) in [5.74, 6) is 2.81. The minimum atomic E-state index is -0.135. The Morgan fingerprint density at radius 3 is 2.44 bits per heavy atom. The van der Waals surface area contributed by atoms with E-state index in [-0.39, 0.29) is 6.10 Å². The lowest BCUT2D eigenvalue weighted by Gasteiger charge is -2.31. The summed E-state index contributed by atoms with van der Waals surface area (Å²) in [4.78, 5) is 17.1. The minimum Gasteiger partial charge on any atom is -0.386 e. The highest BCUT2D eigenvalue weighted by Gasteiger charge is 2.31. The van der Waals surface area contributed by atoms with Gasteiger partial charge in [-0.05, 0) is 36.8 Å². The molecule has 2 N–H and O–H groups in total. The van der Waals surface area contributed by atoms with E-state index in [0.717, 1.165) is 62.4 Å². The van der Waals surface area contributed by atoms with Gasteiger partial charge in [-0.1, -0.05) is 34.6 Å². The first-order valence-electron chi connectivity index (χ1n) is 11.2. The summed E-state index contributed by atoms with van der Waals surface area (Å²) in [6, 6.07) is 8.93. The molecular weight excluding hydrogens is 406 g/mol. The summed E-state index contributed by atoms with van der Waals surface area (Å²) in [6.07, 6.45) is 8.29. The molecule has 0 saturated carbocycles. The molecule has 164 valence electrons. The summed E-state index contributed by atoms with van der Waals surface area (Å²) >= 11 is 0. The number of tetrazole rings is 1. The molecule has 0 spiro atoms. The Hall–Kier alpha value is -3.56. The van der Waals surface area contributed by atoms with Gasteiger partial charge in [0.25, 0.3) is 0 Å². The molecular formula is C22H25N9O. The Morgan fingerprint density at radius 2 is 1.75 bits per heavy atom. The van der Waals surface area contributed by atoms with Gasteiger partial charge in [-0.3, -0.25) is 0 Å². The number of nitrogens with zero attached hydrogens (tertiary/aromatic N) is 7. The van der Waals surface area contributed by atoms with Gasteiger partial charge >= 0.3 is 0 Å². The third-order valence-electron chi connectivity index (χ3n) is 6.67. The standard InChI is InChI=1S/C22H25N9O/c1-2-4-16-10-18(9-15(16)3-1)25-22-23-12-17(13-24-22)19-11-20(28-32-19)31-7-5-14(6-8-31)21-26-29-30-27-21/h1-4,12-14,18-19H,5-11H2,(H,23,24,25)(H,26,27,29,30). The van der Waals surface area contributed by atoms with Gasteiger partial charge in [-0.15, -0.1) is 10.2 Å². The number of likely N-dealkylation sites (tertiary alicyclic amines) is 1. The smallest absolute Gasteiger partial charge is 0.222 e. The summed E-state index contributed by atoms with van der Waals surface area (Å²) in [5, 5.41) is 22.3. The van der Waals surface area contributed by atoms with Crippen LogP contribution in [0.4, 0.5) is 5.95 Å². The predicted octanol–water partition coefficient (Wildman–Crippen LogP) is 2.22. The highest BCUT2D eigenvalue weighted by Crippen LogP contribution is 2.31. The van der Waals surface area contributed by atoms with Crippen molar-refractivity contribution in [3.8, 4) is 0 Å². The fourth-order valence-corrected chi connectivity index (χ4v) is 4.89. The first-order valence-corrected chi connectivity index (χ1v) is 11.2. The molecule has 4 heterocycles. The maximum atomic E-state index is 5.73. The molecule has 1 fully saturated rings. The van der Waals surface area contributed by atoms with Crippen LogP contribution in [0.15, 0.2) is 41.8 Å². The van der Waals surface area contributed by atoms with Gasteiger partial charge in [0.1, 0.15) is 5.84 Å². The van der Waals surface area contributed by atoms with E-state index < -0.39 is 0 Å². The van der Waals surface area contributed by atoms with Crippen molar-refractivity contribution in [2.45, 2.75) is 50.2 Å². The number of anilines is 1. The minimum absolute atomic E-state index is 0.135. The number of aromatic nitrogens is 6. The van der Waals surface area contributed by atoms with Crippen molar-refractivity contribution < 1.29 is 4.84 Å². The quantitative estimate of drug-likeness (QED) is 0.646. The molecule has 1 atom stereocenters. The number of fused-ring (bicyclic) bond motifs is 1. The topological polar surface area (TPSA) is 117 Å². The highest BCUT2D eigenvalue weighted by molar-refractivity contribution is 5.83. The Balaban J connectivity index is 1.02. The van der Waals surface area contributed by atoms with Crippen LogP contribution >= 0.6 is 0 Å². The number of benzene rings is 1. The van der Waals surface area contributed by atoms with Crippen molar-refractivity contribution in [3.05, 3.63) is 59.2 Å².